The van der Waals surface area contributed by atoms with Crippen LogP contribution in [0, 0.1) is 0 Å². The van der Waals surface area contributed by atoms with Crippen LogP contribution in [0.2, 0.25) is 0 Å². The monoisotopic (exact) mass is 1780 g/mol. The lowest BCUT2D eigenvalue weighted by atomic mass is 9.52. The van der Waals surface area contributed by atoms with Gasteiger partial charge in [0.15, 0.2) is 0 Å². The number of anilines is 6. The summed E-state index contributed by atoms with van der Waals surface area (Å²) in [6.45, 7) is 12.0. The van der Waals surface area contributed by atoms with Gasteiger partial charge in [0.2, 0.25) is 0 Å². The van der Waals surface area contributed by atoms with Crippen LogP contribution in [0.5, 0.6) is 0 Å². The minimum atomic E-state index is -0.635. The van der Waals surface area contributed by atoms with Gasteiger partial charge in [-0.25, -0.2) is 0 Å². The van der Waals surface area contributed by atoms with Crippen LogP contribution in [0.4, 0.5) is 34.1 Å². The lowest BCUT2D eigenvalue weighted by molar-refractivity contribution is 0.374. The van der Waals surface area contributed by atoms with Crippen LogP contribution < -0.4 is 9.80 Å². The Morgan fingerprint density at radius 1 is 0.246 bits per heavy atom. The van der Waals surface area contributed by atoms with Crippen molar-refractivity contribution in [3.05, 3.63) is 514 Å². The van der Waals surface area contributed by atoms with E-state index in [1.165, 1.54) is 153 Å². The first-order valence-electron chi connectivity index (χ1n) is 50.3. The highest BCUT2D eigenvalue weighted by atomic mass is 16.3. The Bertz CT molecular complexity index is 8010. The zero-order valence-corrected chi connectivity index (χ0v) is 79.2. The van der Waals surface area contributed by atoms with E-state index in [2.05, 4.69) is 475 Å². The first-order chi connectivity index (χ1) is 68.0. The molecule has 138 heavy (non-hydrogen) atoms. The zero-order chi connectivity index (χ0) is 92.4. The third-order valence-corrected chi connectivity index (χ3v) is 32.4. The van der Waals surface area contributed by atoms with Gasteiger partial charge in [-0.3, -0.25) is 0 Å². The Kier molecular flexibility index (Phi) is 20.7. The van der Waals surface area contributed by atoms with Crippen molar-refractivity contribution in [2.24, 2.45) is 0 Å². The van der Waals surface area contributed by atoms with Crippen LogP contribution in [-0.2, 0) is 33.5 Å². The number of para-hydroxylation sites is 1. The third-order valence-electron chi connectivity index (χ3n) is 32.4. The SMILES string of the molecule is CCCCCCC1(CCCCCCc2ccc3oc(-c4ccc(N(c5ccc(-c6ccccc6)cc5)c5ccc6c(c5)C5(c7ccccc7-c7ccccc75)c5ccccc5C6(C)CC)cc4)c(-c4ccccc4)c3c2)c2ccccc2C2(c3ccccc3-c3ccc(N(c4cccc(-c5c(-c6ccccc6)oc6ccccc56)c4)c4cccc5c4C(C)(C)c4ccccc4-5)cc32)c2ccccc21. The quantitative estimate of drug-likeness (QED) is 0.0565. The number of fused-ring (bicyclic) bond motifs is 23. The summed E-state index contributed by atoms with van der Waals surface area (Å²) in [5, 5.41) is 2.24. The molecule has 4 nitrogen and oxygen atoms in total. The number of aryl methyl sites for hydroxylation is 1. The molecule has 668 valence electrons. The van der Waals surface area contributed by atoms with E-state index in [9.17, 15) is 0 Å². The highest BCUT2D eigenvalue weighted by molar-refractivity contribution is 6.05. The van der Waals surface area contributed by atoms with Crippen molar-refractivity contribution in [2.45, 2.75) is 139 Å². The lowest BCUT2D eigenvalue weighted by Crippen LogP contribution is -2.43. The van der Waals surface area contributed by atoms with Gasteiger partial charge in [-0.05, 0) is 268 Å². The first kappa shape index (κ1) is 84.4. The molecule has 18 aromatic carbocycles. The normalized spacial score (nSPS) is 15.9. The van der Waals surface area contributed by atoms with Gasteiger partial charge >= 0.3 is 0 Å². The molecule has 0 bridgehead atoms. The second-order valence-corrected chi connectivity index (χ2v) is 39.9. The van der Waals surface area contributed by atoms with Crippen molar-refractivity contribution in [3.8, 4) is 89.4 Å². The Morgan fingerprint density at radius 2 is 0.659 bits per heavy atom. The van der Waals surface area contributed by atoms with E-state index < -0.39 is 10.8 Å². The van der Waals surface area contributed by atoms with Crippen LogP contribution in [0.3, 0.4) is 0 Å². The molecule has 20 aromatic rings. The number of benzene rings is 18. The molecule has 0 radical (unpaired) electrons. The molecule has 0 aliphatic heterocycles. The van der Waals surface area contributed by atoms with Gasteiger partial charge in [-0.1, -0.05) is 413 Å². The van der Waals surface area contributed by atoms with E-state index in [1.54, 1.807) is 0 Å². The summed E-state index contributed by atoms with van der Waals surface area (Å²) in [6, 6.07) is 163. The Morgan fingerprint density at radius 3 is 1.28 bits per heavy atom. The minimum absolute atomic E-state index is 0.227. The molecule has 1 atom stereocenters. The molecule has 0 N–H and O–H groups in total. The zero-order valence-electron chi connectivity index (χ0n) is 79.2. The average molecular weight is 1780 g/mol. The number of furan rings is 2. The summed E-state index contributed by atoms with van der Waals surface area (Å²) in [5.74, 6) is 1.75. The summed E-state index contributed by atoms with van der Waals surface area (Å²) in [5.41, 5.74) is 43.7. The highest BCUT2D eigenvalue weighted by Crippen LogP contribution is 2.68. The predicted molar refractivity (Wildman–Crippen MR) is 574 cm³/mol. The largest absolute Gasteiger partial charge is 0.455 e. The molecule has 2 aromatic heterocycles. The fraction of sp³-hybridized carbons (Fsp3) is 0.164. The molecule has 5 aliphatic carbocycles. The van der Waals surface area contributed by atoms with Crippen LogP contribution in [-0.4, -0.2) is 0 Å². The maximum absolute atomic E-state index is 7.23. The van der Waals surface area contributed by atoms with Crippen molar-refractivity contribution in [1.82, 2.24) is 0 Å². The van der Waals surface area contributed by atoms with E-state index in [4.69, 9.17) is 8.83 Å². The molecular formula is C134H110N2O2. The molecule has 2 spiro atoms. The highest BCUT2D eigenvalue weighted by Gasteiger charge is 2.57. The van der Waals surface area contributed by atoms with Crippen LogP contribution in [0.25, 0.3) is 111 Å². The van der Waals surface area contributed by atoms with E-state index >= 15 is 0 Å². The summed E-state index contributed by atoms with van der Waals surface area (Å²) in [7, 11) is 0. The third kappa shape index (κ3) is 13.1. The number of unbranched alkanes of at least 4 members (excludes halogenated alkanes) is 6. The Balaban J connectivity index is 0.542. The number of nitrogens with zero attached hydrogens (tertiary/aromatic N) is 2. The van der Waals surface area contributed by atoms with Crippen LogP contribution in [0.1, 0.15) is 189 Å². The van der Waals surface area contributed by atoms with Crippen molar-refractivity contribution in [3.63, 3.8) is 0 Å². The molecule has 0 saturated heterocycles. The molecule has 2 heterocycles. The second kappa shape index (κ2) is 33.9. The number of hydrogen-bond donors (Lipinski definition) is 0. The molecular weight excluding hydrogens is 1670 g/mol. The molecule has 4 heteroatoms. The fourth-order valence-electron chi connectivity index (χ4n) is 26.0. The maximum atomic E-state index is 7.23. The molecule has 0 fully saturated rings. The fourth-order valence-corrected chi connectivity index (χ4v) is 26.0. The van der Waals surface area contributed by atoms with E-state index in [0.717, 1.165) is 153 Å². The predicted octanol–water partition coefficient (Wildman–Crippen LogP) is 36.3. The van der Waals surface area contributed by atoms with Gasteiger partial charge in [-0.15, -0.1) is 0 Å². The van der Waals surface area contributed by atoms with Gasteiger partial charge in [-0.2, -0.15) is 0 Å². The molecule has 0 amide bonds. The van der Waals surface area contributed by atoms with Crippen LogP contribution >= 0.6 is 0 Å². The summed E-state index contributed by atoms with van der Waals surface area (Å²) >= 11 is 0. The smallest absolute Gasteiger partial charge is 0.143 e. The molecule has 1 unspecified atom stereocenters. The van der Waals surface area contributed by atoms with Crippen molar-refractivity contribution in [1.29, 1.82) is 0 Å². The standard InChI is InChI=1S/C134H110N2O2/c1-6-8-9-38-83-132(115-62-32-35-65-118(115)134(119-66-36-33-63-116(119)132)112-60-30-25-53-103(112)105-80-78-100(87-120(105)134)136(122-67-41-56-106-104-54-22-27-57-109(104)130(3,4)127(106)122)98-50-40-49-95(86-98)126-107-55-26-37-68-123(107)137-128(126)93-47-20-14-21-48-93)84-39-11-10-15-42-89-69-82-124-108(85-89)125(92-45-18-13-19-46-92)129(138-124)94-72-76-97(77-73-94)135(96-74-70-91(71-75-96)90-43-16-12-17-44-90)99-79-81-114-121(88-99)133(117-64-34-31-61-113(117)131(114,5)7-2)110-58-28-23-51-101(110)102-52-24-29-59-111(102)133/h12-14,16-37,40-41,43-82,85-88H,6-11,15,38-39,42,83-84H2,1-5H3. The van der Waals surface area contributed by atoms with Crippen LogP contribution in [0.15, 0.2) is 440 Å². The van der Waals surface area contributed by atoms with Crippen molar-refractivity contribution < 1.29 is 8.83 Å². The van der Waals surface area contributed by atoms with Gasteiger partial charge in [0.25, 0.3) is 0 Å². The van der Waals surface area contributed by atoms with Gasteiger partial charge in [0.1, 0.15) is 22.7 Å². The topological polar surface area (TPSA) is 32.8 Å². The van der Waals surface area contributed by atoms with Gasteiger partial charge < -0.3 is 18.6 Å². The summed E-state index contributed by atoms with van der Waals surface area (Å²) in [4.78, 5) is 5.07. The number of hydrogen-bond acceptors (Lipinski definition) is 4. The van der Waals surface area contributed by atoms with E-state index in [1.807, 2.05) is 0 Å². The second-order valence-electron chi connectivity index (χ2n) is 39.9. The summed E-state index contributed by atoms with van der Waals surface area (Å²) < 4.78 is 14.1. The molecule has 25 rings (SSSR count). The van der Waals surface area contributed by atoms with Gasteiger partial charge in [0.05, 0.1) is 16.5 Å². The van der Waals surface area contributed by atoms with Crippen molar-refractivity contribution >= 4 is 56.1 Å². The minimum Gasteiger partial charge on any atom is -0.455 e. The Hall–Kier alpha value is -15.4. The molecule has 5 aliphatic rings. The van der Waals surface area contributed by atoms with E-state index in [-0.39, 0.29) is 16.2 Å². The maximum Gasteiger partial charge on any atom is 0.143 e. The molecule has 0 saturated carbocycles. The van der Waals surface area contributed by atoms with E-state index in [0.29, 0.717) is 0 Å². The number of rotatable bonds is 24. The lowest BCUT2D eigenvalue weighted by Gasteiger charge is -2.50. The Labute approximate surface area is 811 Å². The van der Waals surface area contributed by atoms with Crippen molar-refractivity contribution in [2.75, 3.05) is 9.80 Å². The summed E-state index contributed by atoms with van der Waals surface area (Å²) in [6.07, 6.45) is 13.3. The first-order valence-corrected chi connectivity index (χ1v) is 50.3. The van der Waals surface area contributed by atoms with Gasteiger partial charge in [0, 0.05) is 77.7 Å². The average Bonchev–Trinajstić information content (AvgIpc) is 1.51.